The number of rotatable bonds is 11. The van der Waals surface area contributed by atoms with Crippen molar-refractivity contribution in [3.63, 3.8) is 0 Å². The van der Waals surface area contributed by atoms with Gasteiger partial charge in [-0.05, 0) is 6.92 Å². The van der Waals surface area contributed by atoms with Crippen molar-refractivity contribution in [1.82, 2.24) is 19.5 Å². The van der Waals surface area contributed by atoms with Crippen LogP contribution in [0.25, 0.3) is 11.2 Å². The maximum Gasteiger partial charge on any atom is 0.490 e. The van der Waals surface area contributed by atoms with Crippen LogP contribution in [0.3, 0.4) is 0 Å². The van der Waals surface area contributed by atoms with E-state index >= 15 is 4.39 Å². The molecule has 0 aromatic carbocycles. The molecule has 0 radical (unpaired) electrons. The maximum atomic E-state index is 15.5. The van der Waals surface area contributed by atoms with Gasteiger partial charge >= 0.3 is 23.5 Å². The van der Waals surface area contributed by atoms with E-state index in [-0.39, 0.29) is 17.1 Å². The molecule has 5 atom stereocenters. The molecule has 22 heteroatoms. The number of aliphatic hydroxyl groups excluding tert-OH is 1. The molecule has 0 saturated carbocycles. The number of nitrogens with one attached hydrogen (secondary N) is 1. The van der Waals surface area contributed by atoms with Crippen molar-refractivity contribution in [3.8, 4) is 0 Å². The van der Waals surface area contributed by atoms with Crippen LogP contribution in [-0.2, 0) is 37.4 Å². The number of aliphatic hydroxyl groups is 1. The summed E-state index contributed by atoms with van der Waals surface area (Å²) in [5.74, 6) is -3.22. The molecule has 188 valence electrons. The Balaban J connectivity index is 2.22. The fraction of sp³-hybridized carbons (Fsp3) is 0.545. The lowest BCUT2D eigenvalue weighted by molar-refractivity contribution is -0.134. The first kappa shape index (κ1) is 27.7. The van der Waals surface area contributed by atoms with E-state index in [0.29, 0.717) is 4.57 Å². The summed E-state index contributed by atoms with van der Waals surface area (Å²) in [6.45, 7) is -0.335. The molecule has 0 aliphatic rings. The highest BCUT2D eigenvalue weighted by Gasteiger charge is 2.45. The number of methoxy groups -OCH3 is 1. The second kappa shape index (κ2) is 9.58. The van der Waals surface area contributed by atoms with E-state index in [0.717, 1.165) is 20.4 Å². The number of fused-ring (bicyclic) bond motifs is 1. The van der Waals surface area contributed by atoms with Gasteiger partial charge in [0.15, 0.2) is 11.2 Å². The third kappa shape index (κ3) is 6.95. The van der Waals surface area contributed by atoms with Crippen LogP contribution in [0.4, 0.5) is 10.3 Å². The number of hydrogen-bond acceptors (Lipinski definition) is 12. The first-order valence-electron chi connectivity index (χ1n) is 8.30. The van der Waals surface area contributed by atoms with Crippen molar-refractivity contribution < 1.29 is 60.6 Å². The van der Waals surface area contributed by atoms with Crippen LogP contribution < -0.4 is 11.3 Å². The predicted molar refractivity (Wildman–Crippen MR) is 104 cm³/mol. The maximum absolute atomic E-state index is 15.5. The Kier molecular flexibility index (Phi) is 8.02. The van der Waals surface area contributed by atoms with Crippen molar-refractivity contribution >= 4 is 40.6 Å². The highest BCUT2D eigenvalue weighted by atomic mass is 31.3. The van der Waals surface area contributed by atoms with E-state index in [1.54, 1.807) is 0 Å². The lowest BCUT2D eigenvalue weighted by atomic mass is 10.0. The first-order valence-corrected chi connectivity index (χ1v) is 12.8. The molecule has 3 unspecified atom stereocenters. The summed E-state index contributed by atoms with van der Waals surface area (Å²) in [6.07, 6.45) is -3.15. The third-order valence-corrected chi connectivity index (χ3v) is 7.71. The average molecular weight is 541 g/mol. The summed E-state index contributed by atoms with van der Waals surface area (Å²) in [7, 11) is -16.0. The van der Waals surface area contributed by atoms with Gasteiger partial charge in [0.1, 0.15) is 12.2 Å². The number of halogens is 1. The second-order valence-corrected chi connectivity index (χ2v) is 10.8. The fourth-order valence-electron chi connectivity index (χ4n) is 2.49. The van der Waals surface area contributed by atoms with E-state index in [9.17, 15) is 28.5 Å². The SMILES string of the molecule is COC(COP(=O)(O)OP(=O)(O)OP(=O)(O)O)[C@@H](O)[C@@](C)(F)n1cnc2c(=O)[nH]c(N)nc21. The van der Waals surface area contributed by atoms with Gasteiger partial charge in [0.2, 0.25) is 11.7 Å². The number of nitrogens with two attached hydrogens (primary N) is 1. The highest BCUT2D eigenvalue weighted by molar-refractivity contribution is 7.66. The molecule has 0 fully saturated rings. The topological polar surface area (TPSA) is 279 Å². The average Bonchev–Trinajstić information content (AvgIpc) is 3.03. The van der Waals surface area contributed by atoms with Gasteiger partial charge in [-0.3, -0.25) is 18.9 Å². The standard InChI is InChI=1S/C11H19FN5O13P3/c1-11(12,17-4-14-6-8(17)15-10(13)16-9(6)19)7(18)5(27-2)3-28-32(23,24)30-33(25,26)29-31(20,21)22/h4-5,7,18H,3H2,1-2H3,(H,23,24)(H,25,26)(H2,20,21,22)(H3,13,15,16,19)/t5?,7-,11+/m1/s1. The van der Waals surface area contributed by atoms with Crippen molar-refractivity contribution in [2.24, 2.45) is 0 Å². The van der Waals surface area contributed by atoms with Gasteiger partial charge in [0.05, 0.1) is 12.9 Å². The van der Waals surface area contributed by atoms with Crippen LogP contribution in [-0.4, -0.2) is 70.1 Å². The van der Waals surface area contributed by atoms with Gasteiger partial charge in [0.25, 0.3) is 5.56 Å². The summed E-state index contributed by atoms with van der Waals surface area (Å²) < 4.78 is 66.2. The summed E-state index contributed by atoms with van der Waals surface area (Å²) in [5, 5.41) is 10.5. The summed E-state index contributed by atoms with van der Waals surface area (Å²) >= 11 is 0. The number of phosphoric acid groups is 3. The van der Waals surface area contributed by atoms with Crippen molar-refractivity contribution in [1.29, 1.82) is 0 Å². The van der Waals surface area contributed by atoms with Crippen LogP contribution in [0.2, 0.25) is 0 Å². The molecule has 0 saturated heterocycles. The van der Waals surface area contributed by atoms with Gasteiger partial charge < -0.3 is 35.2 Å². The number of H-pyrrole nitrogens is 1. The molecule has 0 aliphatic heterocycles. The van der Waals surface area contributed by atoms with Gasteiger partial charge in [-0.1, -0.05) is 0 Å². The Hall–Kier alpha value is -1.59. The summed E-state index contributed by atoms with van der Waals surface area (Å²) in [4.78, 5) is 57.0. The molecule has 0 aliphatic carbocycles. The molecule has 2 heterocycles. The molecule has 18 nitrogen and oxygen atoms in total. The molecule has 33 heavy (non-hydrogen) atoms. The van der Waals surface area contributed by atoms with Crippen molar-refractivity contribution in [2.45, 2.75) is 24.9 Å². The number of phosphoric ester groups is 1. The van der Waals surface area contributed by atoms with E-state index in [1.807, 2.05) is 0 Å². The number of nitrogen functional groups attached to an aromatic ring is 1. The van der Waals surface area contributed by atoms with Crippen LogP contribution in [0.1, 0.15) is 6.92 Å². The summed E-state index contributed by atoms with van der Waals surface area (Å²) in [5.41, 5.74) is 3.96. The zero-order valence-corrected chi connectivity index (χ0v) is 19.3. The molecular formula is C11H19FN5O13P3. The number of nitrogens with zero attached hydrogens (tertiary/aromatic N) is 3. The lowest BCUT2D eigenvalue weighted by Gasteiger charge is -2.32. The molecule has 8 N–H and O–H groups in total. The number of anilines is 1. The number of ether oxygens (including phenoxy) is 1. The number of hydrogen-bond donors (Lipinski definition) is 7. The van der Waals surface area contributed by atoms with Gasteiger partial charge in [0, 0.05) is 7.11 Å². The molecule has 2 aromatic rings. The highest BCUT2D eigenvalue weighted by Crippen LogP contribution is 2.66. The van der Waals surface area contributed by atoms with Crippen LogP contribution in [0, 0.1) is 0 Å². The lowest BCUT2D eigenvalue weighted by Crippen LogP contribution is -2.48. The number of imidazole rings is 1. The fourth-order valence-corrected chi connectivity index (χ4v) is 5.52. The third-order valence-electron chi connectivity index (χ3n) is 3.91. The Labute approximate surface area is 182 Å². The van der Waals surface area contributed by atoms with Crippen LogP contribution in [0.15, 0.2) is 11.1 Å². The molecule has 0 spiro atoms. The van der Waals surface area contributed by atoms with E-state index in [4.69, 9.17) is 25.2 Å². The number of alkyl halides is 1. The Morgan fingerprint density at radius 3 is 2.39 bits per heavy atom. The van der Waals surface area contributed by atoms with Crippen molar-refractivity contribution in [2.75, 3.05) is 19.5 Å². The molecule has 0 amide bonds. The Morgan fingerprint density at radius 1 is 1.24 bits per heavy atom. The Bertz CT molecular complexity index is 1210. The summed E-state index contributed by atoms with van der Waals surface area (Å²) in [6, 6.07) is 0. The molecule has 0 bridgehead atoms. The Morgan fingerprint density at radius 2 is 1.85 bits per heavy atom. The molecular weight excluding hydrogens is 522 g/mol. The smallest absolute Gasteiger partial charge is 0.385 e. The monoisotopic (exact) mass is 541 g/mol. The van der Waals surface area contributed by atoms with Crippen LogP contribution in [0.5, 0.6) is 0 Å². The van der Waals surface area contributed by atoms with E-state index in [2.05, 4.69) is 28.1 Å². The molecule has 2 rings (SSSR count). The normalized spacial score (nSPS) is 20.0. The minimum atomic E-state index is -5.78. The quantitative estimate of drug-likeness (QED) is 0.169. The number of aromatic amines is 1. The van der Waals surface area contributed by atoms with Gasteiger partial charge in [-0.2, -0.15) is 13.6 Å². The van der Waals surface area contributed by atoms with Crippen molar-refractivity contribution in [3.05, 3.63) is 16.7 Å². The number of aromatic nitrogens is 4. The van der Waals surface area contributed by atoms with E-state index < -0.39 is 53.6 Å². The van der Waals surface area contributed by atoms with Gasteiger partial charge in [-0.25, -0.2) is 23.1 Å². The largest absolute Gasteiger partial charge is 0.490 e. The minimum absolute atomic E-state index is 0.317. The molecule has 2 aromatic heterocycles. The van der Waals surface area contributed by atoms with E-state index in [1.165, 1.54) is 0 Å². The minimum Gasteiger partial charge on any atom is -0.385 e. The van der Waals surface area contributed by atoms with Gasteiger partial charge in [-0.15, -0.1) is 0 Å². The van der Waals surface area contributed by atoms with Crippen LogP contribution >= 0.6 is 23.5 Å². The first-order chi connectivity index (χ1) is 14.9. The predicted octanol–water partition coefficient (Wildman–Crippen LogP) is -0.937. The zero-order valence-electron chi connectivity index (χ0n) is 16.6. The zero-order chi connectivity index (χ0) is 25.4. The second-order valence-electron chi connectivity index (χ2n) is 6.37.